The monoisotopic (exact) mass is 450 g/mol. The van der Waals surface area contributed by atoms with Gasteiger partial charge in [-0.1, -0.05) is 67.2 Å². The molecule has 8 heteroatoms. The SMILES string of the molecule is CC(Cc1nnc(SCc2csc(CC(=O)Nc3ccccc3)n2)o1)c1ccccc1. The van der Waals surface area contributed by atoms with E-state index in [-0.39, 0.29) is 12.3 Å². The van der Waals surface area contributed by atoms with Gasteiger partial charge in [0, 0.05) is 23.2 Å². The van der Waals surface area contributed by atoms with Crippen LogP contribution in [0.2, 0.25) is 0 Å². The van der Waals surface area contributed by atoms with Crippen LogP contribution in [-0.2, 0) is 23.4 Å². The highest BCUT2D eigenvalue weighted by Gasteiger charge is 2.14. The van der Waals surface area contributed by atoms with Crippen molar-refractivity contribution in [2.45, 2.75) is 36.7 Å². The van der Waals surface area contributed by atoms with Gasteiger partial charge < -0.3 is 9.73 Å². The Bertz CT molecular complexity index is 1110. The molecule has 0 bridgehead atoms. The molecule has 158 valence electrons. The number of hydrogen-bond acceptors (Lipinski definition) is 7. The second kappa shape index (κ2) is 10.4. The minimum Gasteiger partial charge on any atom is -0.416 e. The van der Waals surface area contributed by atoms with Crippen molar-refractivity contribution in [2.75, 3.05) is 5.32 Å². The Morgan fingerprint density at radius 2 is 1.84 bits per heavy atom. The van der Waals surface area contributed by atoms with Gasteiger partial charge in [0.2, 0.25) is 11.8 Å². The molecule has 31 heavy (non-hydrogen) atoms. The van der Waals surface area contributed by atoms with Crippen LogP contribution in [0, 0.1) is 0 Å². The van der Waals surface area contributed by atoms with Crippen LogP contribution in [0.25, 0.3) is 0 Å². The molecule has 2 heterocycles. The van der Waals surface area contributed by atoms with Crippen molar-refractivity contribution >= 4 is 34.7 Å². The van der Waals surface area contributed by atoms with E-state index >= 15 is 0 Å². The van der Waals surface area contributed by atoms with Crippen molar-refractivity contribution in [1.29, 1.82) is 0 Å². The Morgan fingerprint density at radius 1 is 1.10 bits per heavy atom. The number of para-hydroxylation sites is 1. The molecule has 0 spiro atoms. The molecule has 0 aliphatic heterocycles. The highest BCUT2D eigenvalue weighted by molar-refractivity contribution is 7.98. The molecular weight excluding hydrogens is 428 g/mol. The maximum atomic E-state index is 12.2. The smallest absolute Gasteiger partial charge is 0.276 e. The van der Waals surface area contributed by atoms with E-state index in [2.05, 4.69) is 39.6 Å². The maximum Gasteiger partial charge on any atom is 0.276 e. The van der Waals surface area contributed by atoms with Gasteiger partial charge in [0.1, 0.15) is 5.01 Å². The van der Waals surface area contributed by atoms with E-state index in [1.165, 1.54) is 28.7 Å². The summed E-state index contributed by atoms with van der Waals surface area (Å²) in [5, 5.41) is 14.5. The molecule has 4 rings (SSSR count). The van der Waals surface area contributed by atoms with E-state index in [0.717, 1.165) is 16.4 Å². The van der Waals surface area contributed by atoms with Gasteiger partial charge in [0.05, 0.1) is 12.1 Å². The largest absolute Gasteiger partial charge is 0.416 e. The van der Waals surface area contributed by atoms with Crippen LogP contribution >= 0.6 is 23.1 Å². The number of anilines is 1. The fourth-order valence-corrected chi connectivity index (χ4v) is 4.61. The van der Waals surface area contributed by atoms with Gasteiger partial charge in [-0.25, -0.2) is 4.98 Å². The van der Waals surface area contributed by atoms with Crippen LogP contribution in [-0.4, -0.2) is 21.1 Å². The number of carbonyl (C=O) groups excluding carboxylic acids is 1. The first-order valence-corrected chi connectivity index (χ1v) is 11.8. The van der Waals surface area contributed by atoms with E-state index in [9.17, 15) is 4.79 Å². The Balaban J connectivity index is 1.26. The number of thiazole rings is 1. The van der Waals surface area contributed by atoms with E-state index in [1.54, 1.807) is 0 Å². The first-order valence-electron chi connectivity index (χ1n) is 9.94. The lowest BCUT2D eigenvalue weighted by atomic mass is 9.98. The molecule has 0 radical (unpaired) electrons. The van der Waals surface area contributed by atoms with Gasteiger partial charge in [-0.05, 0) is 23.6 Å². The van der Waals surface area contributed by atoms with Gasteiger partial charge in [0.15, 0.2) is 0 Å². The van der Waals surface area contributed by atoms with Gasteiger partial charge in [-0.3, -0.25) is 4.79 Å². The zero-order valence-corrected chi connectivity index (χ0v) is 18.7. The van der Waals surface area contributed by atoms with Gasteiger partial charge >= 0.3 is 0 Å². The molecule has 1 N–H and O–H groups in total. The van der Waals surface area contributed by atoms with Crippen molar-refractivity contribution in [3.05, 3.63) is 88.2 Å². The predicted molar refractivity (Wildman–Crippen MR) is 123 cm³/mol. The van der Waals surface area contributed by atoms with E-state index < -0.39 is 0 Å². The third kappa shape index (κ3) is 6.26. The molecule has 0 aliphatic rings. The van der Waals surface area contributed by atoms with Crippen LogP contribution in [0.1, 0.15) is 35.0 Å². The minimum atomic E-state index is -0.0752. The fraction of sp³-hybridized carbons (Fsp3) is 0.217. The van der Waals surface area contributed by atoms with Crippen LogP contribution in [0.4, 0.5) is 5.69 Å². The minimum absolute atomic E-state index is 0.0752. The highest BCUT2D eigenvalue weighted by atomic mass is 32.2. The zero-order chi connectivity index (χ0) is 21.5. The Kier molecular flexibility index (Phi) is 7.11. The molecule has 0 saturated carbocycles. The number of rotatable bonds is 9. The summed E-state index contributed by atoms with van der Waals surface area (Å²) in [7, 11) is 0. The van der Waals surface area contributed by atoms with Crippen molar-refractivity contribution in [3.63, 3.8) is 0 Å². The van der Waals surface area contributed by atoms with Gasteiger partial charge in [0.25, 0.3) is 5.22 Å². The number of nitrogens with zero attached hydrogens (tertiary/aromatic N) is 3. The standard InChI is InChI=1S/C23H22N4O2S2/c1-16(17-8-4-2-5-9-17)12-21-26-27-23(29-21)31-15-19-14-30-22(25-19)13-20(28)24-18-10-6-3-7-11-18/h2-11,14,16H,12-13,15H2,1H3,(H,24,28). The molecule has 1 atom stereocenters. The van der Waals surface area contributed by atoms with E-state index in [1.807, 2.05) is 53.9 Å². The molecule has 2 aromatic carbocycles. The van der Waals surface area contributed by atoms with Crippen LogP contribution in [0.5, 0.6) is 0 Å². The van der Waals surface area contributed by atoms with Crippen LogP contribution < -0.4 is 5.32 Å². The molecule has 1 unspecified atom stereocenters. The van der Waals surface area contributed by atoms with Crippen LogP contribution in [0.15, 0.2) is 75.7 Å². The average Bonchev–Trinajstić information content (AvgIpc) is 3.42. The number of amides is 1. The summed E-state index contributed by atoms with van der Waals surface area (Å²) in [6.45, 7) is 2.15. The normalized spacial score (nSPS) is 11.9. The van der Waals surface area contributed by atoms with E-state index in [0.29, 0.717) is 29.2 Å². The summed E-state index contributed by atoms with van der Waals surface area (Å²) in [6, 6.07) is 19.7. The van der Waals surface area contributed by atoms with Crippen molar-refractivity contribution in [2.24, 2.45) is 0 Å². The third-order valence-corrected chi connectivity index (χ3v) is 6.36. The number of nitrogens with one attached hydrogen (secondary N) is 1. The number of aromatic nitrogens is 3. The Labute approximate surface area is 189 Å². The lowest BCUT2D eigenvalue weighted by Gasteiger charge is -2.08. The third-order valence-electron chi connectivity index (χ3n) is 4.61. The maximum absolute atomic E-state index is 12.2. The zero-order valence-electron chi connectivity index (χ0n) is 17.0. The van der Waals surface area contributed by atoms with Crippen molar-refractivity contribution in [3.8, 4) is 0 Å². The van der Waals surface area contributed by atoms with Crippen molar-refractivity contribution in [1.82, 2.24) is 15.2 Å². The molecule has 2 aromatic heterocycles. The lowest BCUT2D eigenvalue weighted by molar-refractivity contribution is -0.115. The second-order valence-electron chi connectivity index (χ2n) is 7.09. The average molecular weight is 451 g/mol. The number of carbonyl (C=O) groups is 1. The summed E-state index contributed by atoms with van der Waals surface area (Å²) in [5.74, 6) is 1.49. The van der Waals surface area contributed by atoms with Crippen molar-refractivity contribution < 1.29 is 9.21 Å². The summed E-state index contributed by atoms with van der Waals surface area (Å²) >= 11 is 2.94. The fourth-order valence-electron chi connectivity index (χ4n) is 3.04. The number of thioether (sulfide) groups is 1. The Morgan fingerprint density at radius 3 is 2.61 bits per heavy atom. The summed E-state index contributed by atoms with van der Waals surface area (Å²) < 4.78 is 5.79. The molecule has 6 nitrogen and oxygen atoms in total. The number of hydrogen-bond donors (Lipinski definition) is 1. The topological polar surface area (TPSA) is 80.9 Å². The first kappa shape index (κ1) is 21.3. The molecule has 0 fully saturated rings. The summed E-state index contributed by atoms with van der Waals surface area (Å²) in [4.78, 5) is 16.7. The molecular formula is C23H22N4O2S2. The molecule has 0 saturated heterocycles. The quantitative estimate of drug-likeness (QED) is 0.346. The second-order valence-corrected chi connectivity index (χ2v) is 8.96. The first-order chi connectivity index (χ1) is 15.2. The van der Waals surface area contributed by atoms with Gasteiger partial charge in [-0.15, -0.1) is 21.5 Å². The Hall–Kier alpha value is -2.97. The van der Waals surface area contributed by atoms with Gasteiger partial charge in [-0.2, -0.15) is 0 Å². The van der Waals surface area contributed by atoms with Crippen LogP contribution in [0.3, 0.4) is 0 Å². The summed E-state index contributed by atoms with van der Waals surface area (Å²) in [5.41, 5.74) is 2.93. The van der Waals surface area contributed by atoms with E-state index in [4.69, 9.17) is 4.42 Å². The summed E-state index contributed by atoms with van der Waals surface area (Å²) in [6.07, 6.45) is 0.960. The molecule has 0 aliphatic carbocycles. The number of benzene rings is 2. The predicted octanol–water partition coefficient (Wildman–Crippen LogP) is 5.35. The molecule has 4 aromatic rings. The molecule has 1 amide bonds. The highest BCUT2D eigenvalue weighted by Crippen LogP contribution is 2.25. The lowest BCUT2D eigenvalue weighted by Crippen LogP contribution is -2.14.